The van der Waals surface area contributed by atoms with Crippen molar-refractivity contribution in [2.45, 2.75) is 27.3 Å². The highest BCUT2D eigenvalue weighted by Gasteiger charge is 2.08. The van der Waals surface area contributed by atoms with Crippen LogP contribution in [-0.4, -0.2) is 7.05 Å². The van der Waals surface area contributed by atoms with E-state index < -0.39 is 0 Å². The average molecular weight is 254 g/mol. The molecule has 0 aliphatic carbocycles. The van der Waals surface area contributed by atoms with Gasteiger partial charge in [0.15, 0.2) is 0 Å². The number of aryl methyl sites for hydroxylation is 3. The highest BCUT2D eigenvalue weighted by atomic mass is 15.1. The van der Waals surface area contributed by atoms with Crippen molar-refractivity contribution in [3.63, 3.8) is 0 Å². The van der Waals surface area contributed by atoms with Crippen LogP contribution in [0.15, 0.2) is 36.4 Å². The van der Waals surface area contributed by atoms with Crippen molar-refractivity contribution in [1.82, 2.24) is 0 Å². The third-order valence-electron chi connectivity index (χ3n) is 3.59. The van der Waals surface area contributed by atoms with Crippen LogP contribution in [0.3, 0.4) is 0 Å². The zero-order chi connectivity index (χ0) is 14.0. The van der Waals surface area contributed by atoms with Crippen LogP contribution in [0.4, 0.5) is 11.4 Å². The van der Waals surface area contributed by atoms with Gasteiger partial charge < -0.3 is 10.6 Å². The minimum atomic E-state index is 0.845. The second-order valence-corrected chi connectivity index (χ2v) is 5.34. The van der Waals surface area contributed by atoms with Gasteiger partial charge in [-0.2, -0.15) is 0 Å². The smallest absolute Gasteiger partial charge is 0.0603 e. The number of nitrogen functional groups attached to an aromatic ring is 1. The molecule has 0 aliphatic heterocycles. The molecule has 0 unspecified atom stereocenters. The zero-order valence-electron chi connectivity index (χ0n) is 12.2. The first kappa shape index (κ1) is 13.5. The van der Waals surface area contributed by atoms with E-state index in [-0.39, 0.29) is 0 Å². The summed E-state index contributed by atoms with van der Waals surface area (Å²) in [6.07, 6.45) is 0. The predicted molar refractivity (Wildman–Crippen MR) is 83.6 cm³/mol. The third kappa shape index (κ3) is 3.08. The van der Waals surface area contributed by atoms with Gasteiger partial charge >= 0.3 is 0 Å². The maximum Gasteiger partial charge on any atom is 0.0603 e. The van der Waals surface area contributed by atoms with E-state index in [9.17, 15) is 0 Å². The van der Waals surface area contributed by atoms with E-state index in [1.165, 1.54) is 22.3 Å². The second kappa shape index (κ2) is 5.35. The Bertz CT molecular complexity index is 571. The van der Waals surface area contributed by atoms with Gasteiger partial charge in [-0.05, 0) is 49.6 Å². The van der Waals surface area contributed by atoms with Crippen LogP contribution in [0.25, 0.3) is 0 Å². The number of benzene rings is 2. The van der Waals surface area contributed by atoms with E-state index in [0.29, 0.717) is 0 Å². The Hall–Kier alpha value is -1.96. The molecule has 0 spiro atoms. The first-order valence-electron chi connectivity index (χ1n) is 6.61. The lowest BCUT2D eigenvalue weighted by molar-refractivity contribution is 0.922. The molecular formula is C17H22N2. The van der Waals surface area contributed by atoms with Gasteiger partial charge in [0.1, 0.15) is 0 Å². The van der Waals surface area contributed by atoms with Gasteiger partial charge in [-0.15, -0.1) is 0 Å². The molecular weight excluding hydrogens is 232 g/mol. The lowest BCUT2D eigenvalue weighted by atomic mass is 10.1. The van der Waals surface area contributed by atoms with Crippen LogP contribution in [-0.2, 0) is 6.54 Å². The standard InChI is InChI=1S/C17H22N2/c1-12-5-7-15(8-6-12)11-19(4)17-10-14(3)13(2)9-16(17)18/h5-10H,11,18H2,1-4H3. The van der Waals surface area contributed by atoms with Crippen molar-refractivity contribution in [1.29, 1.82) is 0 Å². The van der Waals surface area contributed by atoms with Gasteiger partial charge in [0.25, 0.3) is 0 Å². The first-order chi connectivity index (χ1) is 8.97. The number of hydrogen-bond donors (Lipinski definition) is 1. The fourth-order valence-electron chi connectivity index (χ4n) is 2.21. The average Bonchev–Trinajstić information content (AvgIpc) is 2.36. The minimum Gasteiger partial charge on any atom is -0.397 e. The first-order valence-corrected chi connectivity index (χ1v) is 6.61. The van der Waals surface area contributed by atoms with E-state index >= 15 is 0 Å². The molecule has 2 nitrogen and oxygen atoms in total. The number of anilines is 2. The van der Waals surface area contributed by atoms with E-state index in [2.05, 4.69) is 69.1 Å². The van der Waals surface area contributed by atoms with Gasteiger partial charge in [-0.25, -0.2) is 0 Å². The second-order valence-electron chi connectivity index (χ2n) is 5.34. The third-order valence-corrected chi connectivity index (χ3v) is 3.59. The summed E-state index contributed by atoms with van der Waals surface area (Å²) in [5.41, 5.74) is 13.2. The number of rotatable bonds is 3. The number of nitrogens with two attached hydrogens (primary N) is 1. The molecule has 2 aromatic rings. The van der Waals surface area contributed by atoms with Crippen molar-refractivity contribution in [2.24, 2.45) is 0 Å². The topological polar surface area (TPSA) is 29.3 Å². The van der Waals surface area contributed by atoms with E-state index in [4.69, 9.17) is 5.73 Å². The van der Waals surface area contributed by atoms with Crippen molar-refractivity contribution in [2.75, 3.05) is 17.7 Å². The summed E-state index contributed by atoms with van der Waals surface area (Å²) in [4.78, 5) is 2.20. The van der Waals surface area contributed by atoms with Crippen LogP contribution in [0, 0.1) is 20.8 Å². The monoisotopic (exact) mass is 254 g/mol. The summed E-state index contributed by atoms with van der Waals surface area (Å²) >= 11 is 0. The predicted octanol–water partition coefficient (Wildman–Crippen LogP) is 3.83. The maximum atomic E-state index is 6.13. The minimum absolute atomic E-state index is 0.845. The molecule has 2 aromatic carbocycles. The molecule has 0 saturated heterocycles. The Morgan fingerprint density at radius 3 is 2.16 bits per heavy atom. The molecule has 0 saturated carbocycles. The summed E-state index contributed by atoms with van der Waals surface area (Å²) in [7, 11) is 2.08. The van der Waals surface area contributed by atoms with Gasteiger partial charge in [0, 0.05) is 13.6 Å². The quantitative estimate of drug-likeness (QED) is 0.843. The molecule has 100 valence electrons. The summed E-state index contributed by atoms with van der Waals surface area (Å²) in [5.74, 6) is 0. The fraction of sp³-hybridized carbons (Fsp3) is 0.294. The summed E-state index contributed by atoms with van der Waals surface area (Å²) in [5, 5.41) is 0. The molecule has 0 amide bonds. The molecule has 0 heterocycles. The van der Waals surface area contributed by atoms with Crippen LogP contribution in [0.5, 0.6) is 0 Å². The van der Waals surface area contributed by atoms with Crippen molar-refractivity contribution < 1.29 is 0 Å². The van der Waals surface area contributed by atoms with Crippen LogP contribution >= 0.6 is 0 Å². The maximum absolute atomic E-state index is 6.13. The van der Waals surface area contributed by atoms with Crippen molar-refractivity contribution in [3.05, 3.63) is 58.7 Å². The lowest BCUT2D eigenvalue weighted by Crippen LogP contribution is -2.18. The molecule has 0 radical (unpaired) electrons. The molecule has 0 aliphatic rings. The summed E-state index contributed by atoms with van der Waals surface area (Å²) < 4.78 is 0. The Kier molecular flexibility index (Phi) is 3.79. The molecule has 2 N–H and O–H groups in total. The fourth-order valence-corrected chi connectivity index (χ4v) is 2.21. The molecule has 0 aromatic heterocycles. The largest absolute Gasteiger partial charge is 0.397 e. The summed E-state index contributed by atoms with van der Waals surface area (Å²) in [6.45, 7) is 7.19. The Morgan fingerprint density at radius 1 is 0.947 bits per heavy atom. The molecule has 19 heavy (non-hydrogen) atoms. The van der Waals surface area contributed by atoms with E-state index in [1.54, 1.807) is 0 Å². The van der Waals surface area contributed by atoms with E-state index in [0.717, 1.165) is 17.9 Å². The van der Waals surface area contributed by atoms with Crippen molar-refractivity contribution >= 4 is 11.4 Å². The van der Waals surface area contributed by atoms with Gasteiger partial charge in [-0.3, -0.25) is 0 Å². The Morgan fingerprint density at radius 2 is 1.53 bits per heavy atom. The normalized spacial score (nSPS) is 10.5. The Labute approximate surface area is 115 Å². The van der Waals surface area contributed by atoms with Crippen LogP contribution in [0.1, 0.15) is 22.3 Å². The number of nitrogens with zero attached hydrogens (tertiary/aromatic N) is 1. The van der Waals surface area contributed by atoms with Gasteiger partial charge in [-0.1, -0.05) is 29.8 Å². The zero-order valence-corrected chi connectivity index (χ0v) is 12.2. The van der Waals surface area contributed by atoms with Crippen LogP contribution in [0.2, 0.25) is 0 Å². The SMILES string of the molecule is Cc1ccc(CN(C)c2cc(C)c(C)cc2N)cc1. The van der Waals surface area contributed by atoms with Gasteiger partial charge in [0.2, 0.25) is 0 Å². The molecule has 2 rings (SSSR count). The Balaban J connectivity index is 2.22. The van der Waals surface area contributed by atoms with Crippen LogP contribution < -0.4 is 10.6 Å². The molecule has 2 heteroatoms. The lowest BCUT2D eigenvalue weighted by Gasteiger charge is -2.22. The van der Waals surface area contributed by atoms with Crippen molar-refractivity contribution in [3.8, 4) is 0 Å². The highest BCUT2D eigenvalue weighted by Crippen LogP contribution is 2.27. The molecule has 0 bridgehead atoms. The summed E-state index contributed by atoms with van der Waals surface area (Å²) in [6, 6.07) is 12.8. The number of hydrogen-bond acceptors (Lipinski definition) is 2. The van der Waals surface area contributed by atoms with Gasteiger partial charge in [0.05, 0.1) is 11.4 Å². The highest BCUT2D eigenvalue weighted by molar-refractivity contribution is 5.69. The van der Waals surface area contributed by atoms with E-state index in [1.807, 2.05) is 0 Å². The molecule has 0 fully saturated rings. The molecule has 0 atom stereocenters.